The summed E-state index contributed by atoms with van der Waals surface area (Å²) in [5, 5.41) is 4.67. The van der Waals surface area contributed by atoms with Gasteiger partial charge < -0.3 is 16.4 Å². The molecule has 0 heterocycles. The number of hydrogen-bond acceptors (Lipinski definition) is 4. The number of anilines is 1. The molecule has 0 aliphatic heterocycles. The highest BCUT2D eigenvalue weighted by Crippen LogP contribution is 2.15. The molecule has 0 bridgehead atoms. The van der Waals surface area contributed by atoms with E-state index < -0.39 is 22.1 Å². The molecule has 1 atom stereocenters. The predicted octanol–water partition coefficient (Wildman–Crippen LogP) is -1.13. The quantitative estimate of drug-likeness (QED) is 0.560. The summed E-state index contributed by atoms with van der Waals surface area (Å²) in [5.41, 5.74) is 3.87. The molecule has 0 aliphatic carbocycles. The van der Waals surface area contributed by atoms with Gasteiger partial charge in [0.15, 0.2) is 6.04 Å². The Morgan fingerprint density at radius 1 is 1.30 bits per heavy atom. The molecule has 0 saturated heterocycles. The van der Waals surface area contributed by atoms with E-state index in [1.807, 2.05) is 4.72 Å². The molecule has 3 amide bonds. The topological polar surface area (TPSA) is 132 Å². The van der Waals surface area contributed by atoms with Gasteiger partial charge in [0.2, 0.25) is 0 Å². The number of rotatable bonds is 4. The van der Waals surface area contributed by atoms with Gasteiger partial charge in [-0.2, -0.15) is 0 Å². The van der Waals surface area contributed by atoms with Crippen molar-refractivity contribution in [3.63, 3.8) is 0 Å². The lowest BCUT2D eigenvalue weighted by Crippen LogP contribution is -2.64. The summed E-state index contributed by atoms with van der Waals surface area (Å²) in [6.45, 7) is 1.61. The Hall–Kier alpha value is -2.13. The van der Waals surface area contributed by atoms with Crippen LogP contribution in [0.5, 0.6) is 0 Å². The van der Waals surface area contributed by atoms with Gasteiger partial charge in [-0.25, -0.2) is 17.9 Å². The molecular weight excluding hydrogens is 284 g/mol. The van der Waals surface area contributed by atoms with Crippen molar-refractivity contribution >= 4 is 27.6 Å². The van der Waals surface area contributed by atoms with E-state index in [0.29, 0.717) is 5.69 Å². The van der Waals surface area contributed by atoms with E-state index in [9.17, 15) is 18.0 Å². The van der Waals surface area contributed by atoms with Gasteiger partial charge in [0.25, 0.3) is 15.9 Å². The molecule has 0 radical (unpaired) electrons. The Balaban J connectivity index is 2.98. The van der Waals surface area contributed by atoms with Gasteiger partial charge in [-0.3, -0.25) is 4.79 Å². The molecule has 0 fully saturated rings. The Bertz CT molecular complexity index is 613. The standard InChI is InChI=1S/C11H16N4O4S/c1-7(12)10(16)14-8-4-3-5-9(6-8)20(18,19)15-11(17)13-2/h3-7H,12H2,1-2H3,(H,14,16)(H2,13,15,17)/p+1. The number of carbonyl (C=O) groups is 2. The van der Waals surface area contributed by atoms with Crippen LogP contribution in [0, 0.1) is 0 Å². The summed E-state index contributed by atoms with van der Waals surface area (Å²) in [6.07, 6.45) is 0. The molecule has 20 heavy (non-hydrogen) atoms. The molecule has 9 heteroatoms. The summed E-state index contributed by atoms with van der Waals surface area (Å²) >= 11 is 0. The highest BCUT2D eigenvalue weighted by atomic mass is 32.2. The summed E-state index contributed by atoms with van der Waals surface area (Å²) in [5.74, 6) is -0.334. The molecule has 1 rings (SSSR count). The first-order chi connectivity index (χ1) is 9.26. The minimum absolute atomic E-state index is 0.129. The first-order valence-corrected chi connectivity index (χ1v) is 7.23. The van der Waals surface area contributed by atoms with Gasteiger partial charge in [-0.1, -0.05) is 6.07 Å². The number of benzene rings is 1. The number of hydrogen-bond donors (Lipinski definition) is 4. The normalized spacial score (nSPS) is 12.3. The molecule has 0 spiro atoms. The number of sulfonamides is 1. The van der Waals surface area contributed by atoms with E-state index in [-0.39, 0.29) is 10.8 Å². The Kier molecular flexibility index (Phi) is 5.06. The smallest absolute Gasteiger partial charge is 0.328 e. The van der Waals surface area contributed by atoms with Crippen LogP contribution >= 0.6 is 0 Å². The van der Waals surface area contributed by atoms with Crippen molar-refractivity contribution in [1.82, 2.24) is 10.0 Å². The van der Waals surface area contributed by atoms with Crippen molar-refractivity contribution in [1.29, 1.82) is 0 Å². The second kappa shape index (κ2) is 6.35. The van der Waals surface area contributed by atoms with Crippen LogP contribution in [0.3, 0.4) is 0 Å². The first-order valence-electron chi connectivity index (χ1n) is 5.75. The lowest BCUT2D eigenvalue weighted by atomic mass is 10.3. The summed E-state index contributed by atoms with van der Waals surface area (Å²) < 4.78 is 25.6. The SMILES string of the molecule is CNC(=O)NS(=O)(=O)c1cccc(NC(=O)C(C)[NH3+])c1. The second-order valence-electron chi connectivity index (χ2n) is 4.10. The molecule has 6 N–H and O–H groups in total. The zero-order valence-electron chi connectivity index (χ0n) is 11.1. The molecule has 1 unspecified atom stereocenters. The van der Waals surface area contributed by atoms with E-state index in [1.54, 1.807) is 13.0 Å². The maximum absolute atomic E-state index is 11.9. The number of carbonyl (C=O) groups excluding carboxylic acids is 2. The van der Waals surface area contributed by atoms with Crippen LogP contribution < -0.4 is 21.1 Å². The van der Waals surface area contributed by atoms with Gasteiger partial charge in [0.1, 0.15) is 0 Å². The third-order valence-electron chi connectivity index (χ3n) is 2.31. The van der Waals surface area contributed by atoms with Crippen molar-refractivity contribution in [2.75, 3.05) is 12.4 Å². The Morgan fingerprint density at radius 3 is 2.50 bits per heavy atom. The molecule has 1 aromatic carbocycles. The van der Waals surface area contributed by atoms with Crippen LogP contribution in [0.4, 0.5) is 10.5 Å². The zero-order chi connectivity index (χ0) is 15.3. The third kappa shape index (κ3) is 4.21. The van der Waals surface area contributed by atoms with E-state index in [0.717, 1.165) is 0 Å². The lowest BCUT2D eigenvalue weighted by molar-refractivity contribution is -0.396. The molecule has 0 aliphatic rings. The third-order valence-corrected chi connectivity index (χ3v) is 3.64. The van der Waals surface area contributed by atoms with Crippen LogP contribution in [0.2, 0.25) is 0 Å². The van der Waals surface area contributed by atoms with Crippen molar-refractivity contribution in [2.45, 2.75) is 17.9 Å². The zero-order valence-corrected chi connectivity index (χ0v) is 12.0. The average Bonchev–Trinajstić information content (AvgIpc) is 2.38. The number of urea groups is 1. The van der Waals surface area contributed by atoms with Crippen molar-refractivity contribution < 1.29 is 23.7 Å². The van der Waals surface area contributed by atoms with Gasteiger partial charge >= 0.3 is 6.03 Å². The second-order valence-corrected chi connectivity index (χ2v) is 5.79. The number of amides is 3. The molecule has 8 nitrogen and oxygen atoms in total. The molecule has 0 saturated carbocycles. The van der Waals surface area contributed by atoms with E-state index >= 15 is 0 Å². The molecule has 1 aromatic rings. The maximum Gasteiger partial charge on any atom is 0.328 e. The van der Waals surface area contributed by atoms with Crippen LogP contribution in [-0.4, -0.2) is 33.4 Å². The van der Waals surface area contributed by atoms with Crippen LogP contribution in [0.1, 0.15) is 6.92 Å². The van der Waals surface area contributed by atoms with Gasteiger partial charge in [0.05, 0.1) is 4.90 Å². The monoisotopic (exact) mass is 301 g/mol. The van der Waals surface area contributed by atoms with Crippen molar-refractivity contribution in [3.05, 3.63) is 24.3 Å². The van der Waals surface area contributed by atoms with Gasteiger partial charge in [0, 0.05) is 12.7 Å². The van der Waals surface area contributed by atoms with Crippen LogP contribution in [-0.2, 0) is 14.8 Å². The predicted molar refractivity (Wildman–Crippen MR) is 72.2 cm³/mol. The Labute approximate surface area is 116 Å². The Morgan fingerprint density at radius 2 is 1.95 bits per heavy atom. The van der Waals surface area contributed by atoms with Gasteiger partial charge in [-0.15, -0.1) is 0 Å². The average molecular weight is 301 g/mol. The summed E-state index contributed by atoms with van der Waals surface area (Å²) in [6, 6.07) is 4.26. The van der Waals surface area contributed by atoms with Crippen LogP contribution in [0.15, 0.2) is 29.2 Å². The van der Waals surface area contributed by atoms with Gasteiger partial charge in [-0.05, 0) is 25.1 Å². The lowest BCUT2D eigenvalue weighted by Gasteiger charge is -2.09. The minimum Gasteiger partial charge on any atom is -0.348 e. The van der Waals surface area contributed by atoms with Crippen molar-refractivity contribution in [2.24, 2.45) is 0 Å². The first kappa shape index (κ1) is 15.9. The van der Waals surface area contributed by atoms with E-state index in [2.05, 4.69) is 16.4 Å². The molecule has 0 aromatic heterocycles. The highest BCUT2D eigenvalue weighted by molar-refractivity contribution is 7.90. The largest absolute Gasteiger partial charge is 0.348 e. The summed E-state index contributed by atoms with van der Waals surface area (Å²) in [7, 11) is -2.68. The highest BCUT2D eigenvalue weighted by Gasteiger charge is 2.18. The van der Waals surface area contributed by atoms with E-state index in [1.165, 1.54) is 25.2 Å². The maximum atomic E-state index is 11.9. The van der Waals surface area contributed by atoms with Crippen molar-refractivity contribution in [3.8, 4) is 0 Å². The fourth-order valence-corrected chi connectivity index (χ4v) is 2.24. The molecular formula is C11H17N4O4S+. The molecule has 110 valence electrons. The number of quaternary nitrogens is 1. The minimum atomic E-state index is -3.98. The van der Waals surface area contributed by atoms with Crippen LogP contribution in [0.25, 0.3) is 0 Å². The summed E-state index contributed by atoms with van der Waals surface area (Å²) in [4.78, 5) is 22.4. The van der Waals surface area contributed by atoms with E-state index in [4.69, 9.17) is 0 Å². The number of nitrogens with one attached hydrogen (secondary N) is 3. The fraction of sp³-hybridized carbons (Fsp3) is 0.273. The fourth-order valence-electron chi connectivity index (χ4n) is 1.24.